The third kappa shape index (κ3) is 7.92. The number of unbranched alkanes of at least 4 members (excludes halogenated alkanes) is 2. The molecule has 2 saturated carbocycles. The molecule has 166 valence electrons. The number of halogens is 1. The molecule has 29 heavy (non-hydrogen) atoms. The van der Waals surface area contributed by atoms with E-state index in [2.05, 4.69) is 20.8 Å². The fourth-order valence-electron chi connectivity index (χ4n) is 4.86. The van der Waals surface area contributed by atoms with Gasteiger partial charge >= 0.3 is 11.9 Å². The number of alkyl halides is 1. The van der Waals surface area contributed by atoms with Gasteiger partial charge in [-0.25, -0.2) is 6.57 Å². The monoisotopic (exact) mass is 471 g/mol. The molecule has 0 radical (unpaired) electrons. The summed E-state index contributed by atoms with van der Waals surface area (Å²) in [5.41, 5.74) is -0.340. The van der Waals surface area contributed by atoms with E-state index < -0.39 is 0 Å². The van der Waals surface area contributed by atoms with Crippen LogP contribution in [0.2, 0.25) is 0 Å². The van der Waals surface area contributed by atoms with Gasteiger partial charge in [-0.3, -0.25) is 9.59 Å². The van der Waals surface area contributed by atoms with E-state index in [1.807, 2.05) is 0 Å². The van der Waals surface area contributed by atoms with Crippen molar-refractivity contribution in [2.24, 2.45) is 10.8 Å². The highest BCUT2D eigenvalue weighted by molar-refractivity contribution is 9.09. The van der Waals surface area contributed by atoms with Gasteiger partial charge in [0.2, 0.25) is 6.54 Å². The Hall–Kier alpha value is -1.09. The average molecular weight is 472 g/mol. The summed E-state index contributed by atoms with van der Waals surface area (Å²) in [6.07, 6.45) is 14.7. The molecule has 2 aliphatic rings. The van der Waals surface area contributed by atoms with Crippen molar-refractivity contribution in [2.75, 3.05) is 26.1 Å². The van der Waals surface area contributed by atoms with Gasteiger partial charge in [0.25, 0.3) is 0 Å². The van der Waals surface area contributed by atoms with Crippen molar-refractivity contribution >= 4 is 27.9 Å². The van der Waals surface area contributed by atoms with Crippen LogP contribution in [0, 0.1) is 17.4 Å². The fourth-order valence-corrected chi connectivity index (χ4v) is 5.26. The van der Waals surface area contributed by atoms with Crippen LogP contribution in [0.25, 0.3) is 4.85 Å². The number of carbonyl (C=O) groups is 2. The lowest BCUT2D eigenvalue weighted by atomic mass is 9.81. The van der Waals surface area contributed by atoms with Crippen LogP contribution in [0.1, 0.15) is 89.9 Å². The predicted octanol–water partition coefficient (Wildman–Crippen LogP) is 6.09. The molecule has 0 atom stereocenters. The number of hydrogen-bond acceptors (Lipinski definition) is 4. The molecule has 0 amide bonds. The van der Waals surface area contributed by atoms with E-state index in [0.29, 0.717) is 6.54 Å². The first-order chi connectivity index (χ1) is 14.0. The first kappa shape index (κ1) is 25.9. The maximum Gasteiger partial charge on any atom is 0.311 e. The molecule has 0 unspecified atom stereocenters. The van der Waals surface area contributed by atoms with E-state index in [1.165, 1.54) is 27.1 Å². The topological polar surface area (TPSA) is 57.0 Å². The number of methoxy groups -OCH3 is 2. The van der Waals surface area contributed by atoms with Crippen LogP contribution >= 0.6 is 15.9 Å². The Bertz CT molecular complexity index is 531. The molecule has 0 aromatic rings. The zero-order chi connectivity index (χ0) is 21.6. The van der Waals surface area contributed by atoms with Crippen molar-refractivity contribution in [3.05, 3.63) is 11.4 Å². The van der Waals surface area contributed by atoms with Crippen LogP contribution in [-0.4, -0.2) is 38.0 Å². The van der Waals surface area contributed by atoms with Crippen molar-refractivity contribution in [2.45, 2.75) is 89.9 Å². The van der Waals surface area contributed by atoms with E-state index in [4.69, 9.17) is 16.0 Å². The van der Waals surface area contributed by atoms with Crippen molar-refractivity contribution in [1.29, 1.82) is 0 Å². The lowest BCUT2D eigenvalue weighted by Gasteiger charge is -2.25. The predicted molar refractivity (Wildman–Crippen MR) is 119 cm³/mol. The van der Waals surface area contributed by atoms with Crippen LogP contribution < -0.4 is 0 Å². The number of esters is 2. The molecule has 2 fully saturated rings. The zero-order valence-corrected chi connectivity index (χ0v) is 19.9. The minimum Gasteiger partial charge on any atom is -0.469 e. The van der Waals surface area contributed by atoms with Gasteiger partial charge in [0.1, 0.15) is 0 Å². The smallest absolute Gasteiger partial charge is 0.311 e. The van der Waals surface area contributed by atoms with Crippen LogP contribution in [0.5, 0.6) is 0 Å². The summed E-state index contributed by atoms with van der Waals surface area (Å²) in [5, 5.41) is 1.03. The second kappa shape index (κ2) is 14.0. The van der Waals surface area contributed by atoms with Gasteiger partial charge in [-0.2, -0.15) is 0 Å². The van der Waals surface area contributed by atoms with Gasteiger partial charge in [0, 0.05) is 11.8 Å². The van der Waals surface area contributed by atoms with Gasteiger partial charge < -0.3 is 14.3 Å². The minimum atomic E-state index is -0.212. The number of nitrogens with zero attached hydrogens (tertiary/aromatic N) is 1. The number of rotatable bonds is 10. The molecule has 2 aliphatic carbocycles. The van der Waals surface area contributed by atoms with E-state index in [9.17, 15) is 9.59 Å². The van der Waals surface area contributed by atoms with Crippen molar-refractivity contribution in [3.63, 3.8) is 0 Å². The Kier molecular flexibility index (Phi) is 12.5. The van der Waals surface area contributed by atoms with Crippen molar-refractivity contribution in [1.82, 2.24) is 0 Å². The molecule has 0 saturated heterocycles. The highest BCUT2D eigenvalue weighted by Gasteiger charge is 2.42. The summed E-state index contributed by atoms with van der Waals surface area (Å²) in [6.45, 7) is 7.27. The lowest BCUT2D eigenvalue weighted by Crippen LogP contribution is -2.29. The molecule has 0 bridgehead atoms. The standard InChI is InChI=1S/C12H19NO2.C11H19BrO2/c1-13-10-6-5-9-12(11(14)15-2)7-3-4-8-12;1-14-10(13)11(6-2-3-7-11)8-4-5-9-12/h3-10H2,2H3;2-9H2,1H3. The third-order valence-electron chi connectivity index (χ3n) is 6.57. The summed E-state index contributed by atoms with van der Waals surface area (Å²) >= 11 is 3.41. The SMILES string of the molecule is COC(=O)C1(CCCCBr)CCCC1.[C-]#[N+]CCCCC1(C(=O)OC)CCCC1. The Balaban J connectivity index is 0.000000291. The minimum absolute atomic E-state index is 0.0181. The molecule has 0 aliphatic heterocycles. The summed E-state index contributed by atoms with van der Waals surface area (Å²) in [7, 11) is 2.98. The van der Waals surface area contributed by atoms with E-state index in [-0.39, 0.29) is 22.8 Å². The van der Waals surface area contributed by atoms with Crippen LogP contribution in [0.15, 0.2) is 0 Å². The van der Waals surface area contributed by atoms with Crippen LogP contribution in [0.4, 0.5) is 0 Å². The molecule has 0 spiro atoms. The number of carbonyl (C=O) groups excluding carboxylic acids is 2. The van der Waals surface area contributed by atoms with Gasteiger partial charge in [0.15, 0.2) is 0 Å². The Morgan fingerprint density at radius 1 is 0.828 bits per heavy atom. The molecule has 0 N–H and O–H groups in total. The second-order valence-electron chi connectivity index (χ2n) is 8.44. The molecule has 0 aromatic heterocycles. The normalized spacial score (nSPS) is 19.0. The highest BCUT2D eigenvalue weighted by atomic mass is 79.9. The molecule has 5 nitrogen and oxygen atoms in total. The second-order valence-corrected chi connectivity index (χ2v) is 9.24. The largest absolute Gasteiger partial charge is 0.469 e. The lowest BCUT2D eigenvalue weighted by molar-refractivity contribution is -0.153. The molecule has 0 heterocycles. The molecule has 2 rings (SSSR count). The first-order valence-corrected chi connectivity index (χ1v) is 12.2. The number of hydrogen-bond donors (Lipinski definition) is 0. The van der Waals surface area contributed by atoms with Gasteiger partial charge in [-0.15, -0.1) is 0 Å². The maximum absolute atomic E-state index is 11.7. The summed E-state index contributed by atoms with van der Waals surface area (Å²) in [4.78, 5) is 26.7. The molecular weight excluding hydrogens is 434 g/mol. The Labute approximate surface area is 185 Å². The van der Waals surface area contributed by atoms with Crippen molar-refractivity contribution < 1.29 is 19.1 Å². The Morgan fingerprint density at radius 3 is 1.59 bits per heavy atom. The average Bonchev–Trinajstić information content (AvgIpc) is 3.42. The summed E-state index contributed by atoms with van der Waals surface area (Å²) < 4.78 is 9.81. The summed E-state index contributed by atoms with van der Waals surface area (Å²) in [6, 6.07) is 0. The van der Waals surface area contributed by atoms with E-state index in [0.717, 1.165) is 82.4 Å². The quantitative estimate of drug-likeness (QED) is 0.167. The van der Waals surface area contributed by atoms with E-state index in [1.54, 1.807) is 0 Å². The highest BCUT2D eigenvalue weighted by Crippen LogP contribution is 2.44. The molecule has 6 heteroatoms. The van der Waals surface area contributed by atoms with Gasteiger partial charge in [-0.05, 0) is 51.4 Å². The molecule has 0 aromatic carbocycles. The number of ether oxygens (including phenoxy) is 2. The maximum atomic E-state index is 11.7. The zero-order valence-electron chi connectivity index (χ0n) is 18.3. The van der Waals surface area contributed by atoms with Crippen molar-refractivity contribution in [3.8, 4) is 0 Å². The van der Waals surface area contributed by atoms with Crippen LogP contribution in [0.3, 0.4) is 0 Å². The van der Waals surface area contributed by atoms with Gasteiger partial charge in [0.05, 0.1) is 25.0 Å². The van der Waals surface area contributed by atoms with Crippen LogP contribution in [-0.2, 0) is 19.1 Å². The molecular formula is C23H38BrNO4. The van der Waals surface area contributed by atoms with E-state index >= 15 is 0 Å². The summed E-state index contributed by atoms with van der Waals surface area (Å²) in [5.74, 6) is -0.0209. The fraction of sp³-hybridized carbons (Fsp3) is 0.870. The Morgan fingerprint density at radius 2 is 1.24 bits per heavy atom. The third-order valence-corrected chi connectivity index (χ3v) is 7.13. The van der Waals surface area contributed by atoms with Gasteiger partial charge in [-0.1, -0.05) is 48.0 Å². The first-order valence-electron chi connectivity index (χ1n) is 11.1.